The Balaban J connectivity index is 1.45. The van der Waals surface area contributed by atoms with Crippen LogP contribution in [0.5, 0.6) is 5.75 Å². The van der Waals surface area contributed by atoms with Crippen LogP contribution < -0.4 is 10.5 Å². The number of benzene rings is 2. The summed E-state index contributed by atoms with van der Waals surface area (Å²) >= 11 is 0. The summed E-state index contributed by atoms with van der Waals surface area (Å²) in [6.07, 6.45) is 4.44. The van der Waals surface area contributed by atoms with Crippen LogP contribution in [0.4, 0.5) is 5.69 Å². The molecule has 0 saturated carbocycles. The first-order valence-electron chi connectivity index (χ1n) is 8.67. The van der Waals surface area contributed by atoms with Crippen LogP contribution in [0.3, 0.4) is 0 Å². The molecule has 2 aromatic carbocycles. The van der Waals surface area contributed by atoms with Crippen molar-refractivity contribution in [1.29, 1.82) is 0 Å². The Bertz CT molecular complexity index is 646. The molecule has 4 nitrogen and oxygen atoms in total. The number of ether oxygens (including phenoxy) is 1. The van der Waals surface area contributed by atoms with Gasteiger partial charge in [-0.05, 0) is 55.5 Å². The van der Waals surface area contributed by atoms with Crippen molar-refractivity contribution in [1.82, 2.24) is 4.90 Å². The highest BCUT2D eigenvalue weighted by atomic mass is 16.5. The van der Waals surface area contributed by atoms with Crippen molar-refractivity contribution in [3.63, 3.8) is 0 Å². The van der Waals surface area contributed by atoms with E-state index in [4.69, 9.17) is 10.5 Å². The van der Waals surface area contributed by atoms with E-state index in [-0.39, 0.29) is 0 Å². The Morgan fingerprint density at radius 1 is 1.00 bits per heavy atom. The molecule has 0 amide bonds. The fraction of sp³-hybridized carbons (Fsp3) is 0.350. The Kier molecular flexibility index (Phi) is 5.72. The Labute approximate surface area is 144 Å². The number of guanidine groups is 1. The minimum Gasteiger partial charge on any atom is -0.494 e. The van der Waals surface area contributed by atoms with Gasteiger partial charge in [0, 0.05) is 13.1 Å². The zero-order valence-corrected chi connectivity index (χ0v) is 14.0. The molecule has 1 saturated heterocycles. The number of hydrogen-bond donors (Lipinski definition) is 1. The first-order chi connectivity index (χ1) is 11.8. The van der Waals surface area contributed by atoms with Gasteiger partial charge in [-0.25, -0.2) is 4.99 Å². The number of likely N-dealkylation sites (tertiary alicyclic amines) is 1. The molecule has 0 bridgehead atoms. The van der Waals surface area contributed by atoms with Crippen molar-refractivity contribution in [3.8, 4) is 5.75 Å². The maximum absolute atomic E-state index is 6.05. The van der Waals surface area contributed by atoms with E-state index in [0.717, 1.165) is 37.4 Å². The lowest BCUT2D eigenvalue weighted by Gasteiger charge is -2.15. The quantitative estimate of drug-likeness (QED) is 0.500. The second-order valence-electron chi connectivity index (χ2n) is 6.10. The first kappa shape index (κ1) is 16.4. The lowest BCUT2D eigenvalue weighted by molar-refractivity contribution is 0.311. The monoisotopic (exact) mass is 323 g/mol. The van der Waals surface area contributed by atoms with E-state index in [9.17, 15) is 0 Å². The van der Waals surface area contributed by atoms with Crippen molar-refractivity contribution >= 4 is 11.6 Å². The molecule has 0 aliphatic carbocycles. The van der Waals surface area contributed by atoms with Crippen molar-refractivity contribution in [2.45, 2.75) is 25.7 Å². The average Bonchev–Trinajstić information content (AvgIpc) is 3.16. The summed E-state index contributed by atoms with van der Waals surface area (Å²) in [7, 11) is 0. The van der Waals surface area contributed by atoms with Crippen LogP contribution in [0.1, 0.15) is 24.8 Å². The molecule has 4 heteroatoms. The second-order valence-corrected chi connectivity index (χ2v) is 6.10. The third-order valence-electron chi connectivity index (χ3n) is 4.23. The van der Waals surface area contributed by atoms with Gasteiger partial charge in [0.2, 0.25) is 0 Å². The lowest BCUT2D eigenvalue weighted by atomic mass is 10.1. The number of nitrogens with zero attached hydrogens (tertiary/aromatic N) is 2. The zero-order valence-electron chi connectivity index (χ0n) is 14.0. The standard InChI is InChI=1S/C20H25N3O/c21-20(23-14-4-5-15-23)22-18-10-12-19(13-11-18)24-16-6-9-17-7-2-1-3-8-17/h1-3,7-8,10-13H,4-6,9,14-16H2,(H2,21,22). The summed E-state index contributed by atoms with van der Waals surface area (Å²) in [5.74, 6) is 1.49. The Morgan fingerprint density at radius 3 is 2.42 bits per heavy atom. The maximum Gasteiger partial charge on any atom is 0.196 e. The summed E-state index contributed by atoms with van der Waals surface area (Å²) in [5, 5.41) is 0. The maximum atomic E-state index is 6.05. The fourth-order valence-corrected chi connectivity index (χ4v) is 2.88. The van der Waals surface area contributed by atoms with Gasteiger partial charge < -0.3 is 15.4 Å². The van der Waals surface area contributed by atoms with E-state index < -0.39 is 0 Å². The van der Waals surface area contributed by atoms with Gasteiger partial charge in [-0.15, -0.1) is 0 Å². The van der Waals surface area contributed by atoms with Gasteiger partial charge in [-0.2, -0.15) is 0 Å². The van der Waals surface area contributed by atoms with Crippen molar-refractivity contribution in [2.75, 3.05) is 19.7 Å². The van der Waals surface area contributed by atoms with Crippen LogP contribution in [-0.2, 0) is 6.42 Å². The van der Waals surface area contributed by atoms with Crippen LogP contribution in [0.2, 0.25) is 0 Å². The number of rotatable bonds is 6. The summed E-state index contributed by atoms with van der Waals surface area (Å²) in [5.41, 5.74) is 8.27. The van der Waals surface area contributed by atoms with E-state index in [1.165, 1.54) is 18.4 Å². The lowest BCUT2D eigenvalue weighted by Crippen LogP contribution is -2.34. The van der Waals surface area contributed by atoms with Gasteiger partial charge in [-0.3, -0.25) is 0 Å². The summed E-state index contributed by atoms with van der Waals surface area (Å²) in [4.78, 5) is 6.62. The topological polar surface area (TPSA) is 50.9 Å². The third-order valence-corrected chi connectivity index (χ3v) is 4.23. The van der Waals surface area contributed by atoms with Crippen molar-refractivity contribution < 1.29 is 4.74 Å². The Hall–Kier alpha value is -2.49. The van der Waals surface area contributed by atoms with Crippen LogP contribution in [0, 0.1) is 0 Å². The number of aliphatic imine (C=N–C) groups is 1. The van der Waals surface area contributed by atoms with Crippen LogP contribution in [0.25, 0.3) is 0 Å². The SMILES string of the molecule is NC(=Nc1ccc(OCCCc2ccccc2)cc1)N1CCCC1. The predicted octanol–water partition coefficient (Wildman–Crippen LogP) is 3.74. The van der Waals surface area contributed by atoms with E-state index in [1.54, 1.807) is 0 Å². The molecule has 2 aromatic rings. The van der Waals surface area contributed by atoms with Gasteiger partial charge in [0.05, 0.1) is 12.3 Å². The fourth-order valence-electron chi connectivity index (χ4n) is 2.88. The molecule has 1 aliphatic heterocycles. The minimum absolute atomic E-state index is 0.615. The second kappa shape index (κ2) is 8.39. The highest BCUT2D eigenvalue weighted by Crippen LogP contribution is 2.19. The molecule has 0 aromatic heterocycles. The summed E-state index contributed by atoms with van der Waals surface area (Å²) < 4.78 is 5.80. The van der Waals surface area contributed by atoms with E-state index in [0.29, 0.717) is 12.6 Å². The van der Waals surface area contributed by atoms with Crippen LogP contribution in [0.15, 0.2) is 59.6 Å². The molecular formula is C20H25N3O. The molecule has 0 unspecified atom stereocenters. The molecular weight excluding hydrogens is 298 g/mol. The van der Waals surface area contributed by atoms with E-state index >= 15 is 0 Å². The number of aryl methyl sites for hydroxylation is 1. The highest BCUT2D eigenvalue weighted by Gasteiger charge is 2.13. The number of nitrogens with two attached hydrogens (primary N) is 1. The van der Waals surface area contributed by atoms with Gasteiger partial charge in [0.1, 0.15) is 5.75 Å². The normalized spacial score (nSPS) is 14.8. The molecule has 1 aliphatic rings. The molecule has 0 atom stereocenters. The van der Waals surface area contributed by atoms with Gasteiger partial charge in [-0.1, -0.05) is 30.3 Å². The largest absolute Gasteiger partial charge is 0.494 e. The van der Waals surface area contributed by atoms with Crippen molar-refractivity contribution in [2.24, 2.45) is 10.7 Å². The summed E-state index contributed by atoms with van der Waals surface area (Å²) in [6, 6.07) is 18.3. The molecule has 0 spiro atoms. The van der Waals surface area contributed by atoms with E-state index in [1.807, 2.05) is 30.3 Å². The van der Waals surface area contributed by atoms with Gasteiger partial charge in [0.25, 0.3) is 0 Å². The third kappa shape index (κ3) is 4.75. The molecule has 126 valence electrons. The smallest absolute Gasteiger partial charge is 0.196 e. The average molecular weight is 323 g/mol. The van der Waals surface area contributed by atoms with Crippen molar-refractivity contribution in [3.05, 3.63) is 60.2 Å². The molecule has 3 rings (SSSR count). The van der Waals surface area contributed by atoms with Crippen LogP contribution in [-0.4, -0.2) is 30.6 Å². The zero-order chi connectivity index (χ0) is 16.6. The number of hydrogen-bond acceptors (Lipinski definition) is 2. The summed E-state index contributed by atoms with van der Waals surface area (Å²) in [6.45, 7) is 2.74. The van der Waals surface area contributed by atoms with E-state index in [2.05, 4.69) is 34.2 Å². The Morgan fingerprint density at radius 2 is 1.71 bits per heavy atom. The molecule has 1 fully saturated rings. The van der Waals surface area contributed by atoms with Gasteiger partial charge >= 0.3 is 0 Å². The van der Waals surface area contributed by atoms with Gasteiger partial charge in [0.15, 0.2) is 5.96 Å². The first-order valence-corrected chi connectivity index (χ1v) is 8.67. The molecule has 0 radical (unpaired) electrons. The van der Waals surface area contributed by atoms with Crippen LogP contribution >= 0.6 is 0 Å². The molecule has 24 heavy (non-hydrogen) atoms. The molecule has 2 N–H and O–H groups in total. The minimum atomic E-state index is 0.615. The molecule has 1 heterocycles. The predicted molar refractivity (Wildman–Crippen MR) is 98.8 cm³/mol. The highest BCUT2D eigenvalue weighted by molar-refractivity contribution is 5.81.